The molecule has 1 N–H and O–H groups in total. The molecule has 0 unspecified atom stereocenters. The fourth-order valence-corrected chi connectivity index (χ4v) is 2.95. The maximum Gasteiger partial charge on any atom is 0.251 e. The number of aromatic amines is 1. The zero-order valence-electron chi connectivity index (χ0n) is 14.1. The summed E-state index contributed by atoms with van der Waals surface area (Å²) in [5.74, 6) is 2.29. The van der Waals surface area contributed by atoms with Crippen molar-refractivity contribution in [3.63, 3.8) is 0 Å². The molecule has 8 nitrogen and oxygen atoms in total. The Labute approximate surface area is 139 Å². The molecule has 0 aromatic carbocycles. The van der Waals surface area contributed by atoms with Crippen molar-refractivity contribution in [2.75, 3.05) is 32.2 Å². The lowest BCUT2D eigenvalue weighted by atomic mass is 9.94. The van der Waals surface area contributed by atoms with Crippen LogP contribution in [0, 0.1) is 6.92 Å². The highest BCUT2D eigenvalue weighted by atomic mass is 16.5. The third-order valence-electron chi connectivity index (χ3n) is 4.09. The Morgan fingerprint density at radius 2 is 1.88 bits per heavy atom. The number of anilines is 1. The minimum absolute atomic E-state index is 0.117. The van der Waals surface area contributed by atoms with E-state index in [2.05, 4.69) is 24.8 Å². The second-order valence-corrected chi connectivity index (χ2v) is 5.79. The first kappa shape index (κ1) is 16.2. The van der Waals surface area contributed by atoms with Gasteiger partial charge >= 0.3 is 0 Å². The van der Waals surface area contributed by atoms with E-state index in [0.29, 0.717) is 30.1 Å². The standard InChI is InChI=1S/C16H21N5O3/c1-10-17-12(7-13(22)18-10)11-5-4-6-21(9-11)16-19-14(23-2)8-15(20-16)24-3/h7-8,11H,4-6,9H2,1-3H3,(H,17,18,22)/t11-/m0/s1. The summed E-state index contributed by atoms with van der Waals surface area (Å²) in [7, 11) is 3.13. The van der Waals surface area contributed by atoms with Gasteiger partial charge in [-0.3, -0.25) is 4.79 Å². The Morgan fingerprint density at radius 1 is 1.17 bits per heavy atom. The Kier molecular flexibility index (Phi) is 4.64. The zero-order chi connectivity index (χ0) is 17.1. The third-order valence-corrected chi connectivity index (χ3v) is 4.09. The maximum absolute atomic E-state index is 11.7. The van der Waals surface area contributed by atoms with Gasteiger partial charge in [0.2, 0.25) is 17.7 Å². The molecule has 128 valence electrons. The third kappa shape index (κ3) is 3.47. The van der Waals surface area contributed by atoms with Gasteiger partial charge in [0.1, 0.15) is 5.82 Å². The van der Waals surface area contributed by atoms with Crippen LogP contribution < -0.4 is 19.9 Å². The number of nitrogens with one attached hydrogen (secondary N) is 1. The summed E-state index contributed by atoms with van der Waals surface area (Å²) in [6, 6.07) is 3.22. The number of H-pyrrole nitrogens is 1. The lowest BCUT2D eigenvalue weighted by Gasteiger charge is -2.32. The van der Waals surface area contributed by atoms with E-state index in [-0.39, 0.29) is 11.5 Å². The van der Waals surface area contributed by atoms with Crippen molar-refractivity contribution >= 4 is 5.95 Å². The molecule has 1 saturated heterocycles. The molecule has 0 amide bonds. The van der Waals surface area contributed by atoms with Crippen LogP contribution in [0.4, 0.5) is 5.95 Å². The molecule has 0 aliphatic carbocycles. The fourth-order valence-electron chi connectivity index (χ4n) is 2.95. The highest BCUT2D eigenvalue weighted by Gasteiger charge is 2.25. The summed E-state index contributed by atoms with van der Waals surface area (Å²) in [4.78, 5) is 29.8. The number of methoxy groups -OCH3 is 2. The van der Waals surface area contributed by atoms with E-state index in [4.69, 9.17) is 9.47 Å². The van der Waals surface area contributed by atoms with Gasteiger partial charge in [-0.25, -0.2) is 4.98 Å². The largest absolute Gasteiger partial charge is 0.481 e. The van der Waals surface area contributed by atoms with E-state index in [1.807, 2.05) is 0 Å². The van der Waals surface area contributed by atoms with Crippen LogP contribution in [-0.4, -0.2) is 47.2 Å². The number of hydrogen-bond acceptors (Lipinski definition) is 7. The van der Waals surface area contributed by atoms with E-state index in [1.54, 1.807) is 33.3 Å². The predicted molar refractivity (Wildman–Crippen MR) is 88.9 cm³/mol. The molecule has 1 atom stereocenters. The molecule has 8 heteroatoms. The first-order chi connectivity index (χ1) is 11.6. The molecule has 1 fully saturated rings. The second-order valence-electron chi connectivity index (χ2n) is 5.79. The van der Waals surface area contributed by atoms with Gasteiger partial charge in [-0.05, 0) is 19.8 Å². The van der Waals surface area contributed by atoms with Crippen molar-refractivity contribution < 1.29 is 9.47 Å². The number of piperidine rings is 1. The molecule has 2 aromatic rings. The highest BCUT2D eigenvalue weighted by Crippen LogP contribution is 2.29. The van der Waals surface area contributed by atoms with Gasteiger partial charge in [-0.2, -0.15) is 9.97 Å². The normalized spacial score (nSPS) is 17.6. The minimum Gasteiger partial charge on any atom is -0.481 e. The number of nitrogens with zero attached hydrogens (tertiary/aromatic N) is 4. The smallest absolute Gasteiger partial charge is 0.251 e. The van der Waals surface area contributed by atoms with Gasteiger partial charge in [0, 0.05) is 25.1 Å². The summed E-state index contributed by atoms with van der Waals surface area (Å²) in [5, 5.41) is 0. The molecule has 1 aliphatic rings. The molecule has 0 radical (unpaired) electrons. The van der Waals surface area contributed by atoms with Gasteiger partial charge in [-0.15, -0.1) is 0 Å². The van der Waals surface area contributed by atoms with Gasteiger partial charge in [-0.1, -0.05) is 0 Å². The van der Waals surface area contributed by atoms with Crippen LogP contribution in [0.3, 0.4) is 0 Å². The van der Waals surface area contributed by atoms with E-state index in [9.17, 15) is 4.79 Å². The summed E-state index contributed by atoms with van der Waals surface area (Å²) >= 11 is 0. The molecule has 3 heterocycles. The van der Waals surface area contributed by atoms with Crippen molar-refractivity contribution in [2.24, 2.45) is 0 Å². The van der Waals surface area contributed by atoms with E-state index in [1.165, 1.54) is 0 Å². The monoisotopic (exact) mass is 331 g/mol. The number of rotatable bonds is 4. The van der Waals surface area contributed by atoms with Crippen molar-refractivity contribution in [1.82, 2.24) is 19.9 Å². The van der Waals surface area contributed by atoms with E-state index in [0.717, 1.165) is 25.1 Å². The van der Waals surface area contributed by atoms with E-state index >= 15 is 0 Å². The van der Waals surface area contributed by atoms with Gasteiger partial charge in [0.05, 0.1) is 26.0 Å². The quantitative estimate of drug-likeness (QED) is 0.901. The predicted octanol–water partition coefficient (Wildman–Crippen LogP) is 1.27. The Balaban J connectivity index is 1.86. The number of hydrogen-bond donors (Lipinski definition) is 1. The van der Waals surface area contributed by atoms with Crippen LogP contribution in [-0.2, 0) is 0 Å². The molecule has 24 heavy (non-hydrogen) atoms. The van der Waals surface area contributed by atoms with Gasteiger partial charge in [0.15, 0.2) is 0 Å². The minimum atomic E-state index is -0.117. The van der Waals surface area contributed by atoms with Gasteiger partial charge in [0.25, 0.3) is 5.56 Å². The molecular weight excluding hydrogens is 310 g/mol. The summed E-state index contributed by atoms with van der Waals surface area (Å²) in [6.07, 6.45) is 1.95. The maximum atomic E-state index is 11.7. The molecule has 0 spiro atoms. The van der Waals surface area contributed by atoms with Gasteiger partial charge < -0.3 is 19.4 Å². The summed E-state index contributed by atoms with van der Waals surface area (Å²) in [5.41, 5.74) is 0.699. The first-order valence-corrected chi connectivity index (χ1v) is 7.89. The number of ether oxygens (including phenoxy) is 2. The van der Waals surface area contributed by atoms with Crippen LogP contribution in [0.25, 0.3) is 0 Å². The van der Waals surface area contributed by atoms with Crippen molar-refractivity contribution in [3.05, 3.63) is 34.0 Å². The average Bonchev–Trinajstić information content (AvgIpc) is 2.60. The SMILES string of the molecule is COc1cc(OC)nc(N2CCC[C@H](c3cc(=O)[nH]c(C)n3)C2)n1. The topological polar surface area (TPSA) is 93.2 Å². The lowest BCUT2D eigenvalue weighted by Crippen LogP contribution is -2.36. The number of aryl methyl sites for hydroxylation is 1. The van der Waals surface area contributed by atoms with E-state index < -0.39 is 0 Å². The second kappa shape index (κ2) is 6.86. The van der Waals surface area contributed by atoms with Crippen LogP contribution >= 0.6 is 0 Å². The lowest BCUT2D eigenvalue weighted by molar-refractivity contribution is 0.370. The molecular formula is C16H21N5O3. The molecule has 3 rings (SSSR count). The average molecular weight is 331 g/mol. The Bertz CT molecular complexity index is 754. The van der Waals surface area contributed by atoms with Crippen molar-refractivity contribution in [3.8, 4) is 11.8 Å². The zero-order valence-corrected chi connectivity index (χ0v) is 14.1. The molecule has 0 bridgehead atoms. The highest BCUT2D eigenvalue weighted by molar-refractivity contribution is 5.38. The van der Waals surface area contributed by atoms with Crippen molar-refractivity contribution in [1.29, 1.82) is 0 Å². The number of aromatic nitrogens is 4. The van der Waals surface area contributed by atoms with Crippen LogP contribution in [0.5, 0.6) is 11.8 Å². The molecule has 0 saturated carbocycles. The Hall–Kier alpha value is -2.64. The first-order valence-electron chi connectivity index (χ1n) is 7.89. The van der Waals surface area contributed by atoms with Crippen LogP contribution in [0.2, 0.25) is 0 Å². The molecule has 2 aromatic heterocycles. The summed E-state index contributed by atoms with van der Waals surface area (Å²) < 4.78 is 10.4. The Morgan fingerprint density at radius 3 is 2.50 bits per heavy atom. The van der Waals surface area contributed by atoms with Crippen molar-refractivity contribution in [2.45, 2.75) is 25.7 Å². The van der Waals surface area contributed by atoms with Crippen LogP contribution in [0.1, 0.15) is 30.3 Å². The molecule has 1 aliphatic heterocycles. The van der Waals surface area contributed by atoms with Crippen LogP contribution in [0.15, 0.2) is 16.9 Å². The fraction of sp³-hybridized carbons (Fsp3) is 0.500. The summed E-state index contributed by atoms with van der Waals surface area (Å²) in [6.45, 7) is 3.34.